The fourth-order valence-corrected chi connectivity index (χ4v) is 2.88. The zero-order valence-electron chi connectivity index (χ0n) is 10.8. The Balaban J connectivity index is 2.32. The van der Waals surface area contributed by atoms with Gasteiger partial charge in [0.25, 0.3) is 0 Å². The molecule has 3 heteroatoms. The third-order valence-corrected chi connectivity index (χ3v) is 3.71. The Morgan fingerprint density at radius 3 is 2.94 bits per heavy atom. The maximum atomic E-state index is 14.0. The Kier molecular flexibility index (Phi) is 3.79. The van der Waals surface area contributed by atoms with Crippen LogP contribution in [0.3, 0.4) is 0 Å². The quantitative estimate of drug-likeness (QED) is 0.866. The normalized spacial score (nSPS) is 25.4. The van der Waals surface area contributed by atoms with Crippen LogP contribution in [0.5, 0.6) is 0 Å². The summed E-state index contributed by atoms with van der Waals surface area (Å²) in [6, 6.07) is 5.63. The molecule has 2 atom stereocenters. The molecule has 2 rings (SSSR count). The van der Waals surface area contributed by atoms with E-state index in [9.17, 15) is 4.39 Å². The Hall–Kier alpha value is -0.930. The van der Waals surface area contributed by atoms with Gasteiger partial charge < -0.3 is 5.32 Å². The number of rotatable bonds is 3. The standard InChI is InChI=1S/C14H21FN2/c1-10-4-5-13(15)12(8-10)14-11(9-16-2)6-7-17(14)3/h4-5,8,11,14,16H,6-7,9H2,1-3H3. The van der Waals surface area contributed by atoms with Crippen LogP contribution >= 0.6 is 0 Å². The van der Waals surface area contributed by atoms with Gasteiger partial charge in [-0.05, 0) is 52.5 Å². The molecular formula is C14H21FN2. The molecule has 0 aromatic heterocycles. The summed E-state index contributed by atoms with van der Waals surface area (Å²) in [5.41, 5.74) is 1.98. The molecule has 1 aromatic rings. The van der Waals surface area contributed by atoms with Gasteiger partial charge in [0.15, 0.2) is 0 Å². The maximum Gasteiger partial charge on any atom is 0.128 e. The first kappa shape index (κ1) is 12.5. The van der Waals surface area contributed by atoms with E-state index in [1.165, 1.54) is 0 Å². The lowest BCUT2D eigenvalue weighted by molar-refractivity contribution is 0.267. The van der Waals surface area contributed by atoms with Gasteiger partial charge in [-0.15, -0.1) is 0 Å². The van der Waals surface area contributed by atoms with Gasteiger partial charge in [-0.2, -0.15) is 0 Å². The number of nitrogens with one attached hydrogen (secondary N) is 1. The lowest BCUT2D eigenvalue weighted by atomic mass is 9.92. The molecule has 94 valence electrons. The van der Waals surface area contributed by atoms with Gasteiger partial charge in [0, 0.05) is 11.6 Å². The van der Waals surface area contributed by atoms with Crippen molar-refractivity contribution in [1.29, 1.82) is 0 Å². The Labute approximate surface area is 103 Å². The van der Waals surface area contributed by atoms with Crippen LogP contribution in [0.15, 0.2) is 18.2 Å². The SMILES string of the molecule is CNCC1CCN(C)C1c1cc(C)ccc1F. The molecule has 0 aliphatic carbocycles. The third kappa shape index (κ3) is 2.50. The molecule has 1 heterocycles. The highest BCUT2D eigenvalue weighted by Gasteiger charge is 2.33. The van der Waals surface area contributed by atoms with Crippen LogP contribution in [-0.4, -0.2) is 32.1 Å². The van der Waals surface area contributed by atoms with E-state index < -0.39 is 0 Å². The van der Waals surface area contributed by atoms with Crippen molar-refractivity contribution in [2.45, 2.75) is 19.4 Å². The molecule has 1 aliphatic rings. The molecule has 1 N–H and O–H groups in total. The van der Waals surface area contributed by atoms with Crippen LogP contribution in [0.2, 0.25) is 0 Å². The smallest absolute Gasteiger partial charge is 0.128 e. The number of benzene rings is 1. The van der Waals surface area contributed by atoms with Gasteiger partial charge in [0.05, 0.1) is 0 Å². The number of hydrogen-bond acceptors (Lipinski definition) is 2. The first-order chi connectivity index (χ1) is 8.13. The molecular weight excluding hydrogens is 215 g/mol. The van der Waals surface area contributed by atoms with Crippen molar-refractivity contribution in [3.63, 3.8) is 0 Å². The fraction of sp³-hybridized carbons (Fsp3) is 0.571. The molecule has 0 saturated carbocycles. The minimum Gasteiger partial charge on any atom is -0.319 e. The van der Waals surface area contributed by atoms with Crippen LogP contribution in [0.25, 0.3) is 0 Å². The monoisotopic (exact) mass is 236 g/mol. The summed E-state index contributed by atoms with van der Waals surface area (Å²) >= 11 is 0. The number of halogens is 1. The zero-order valence-corrected chi connectivity index (χ0v) is 10.8. The molecule has 0 amide bonds. The molecule has 17 heavy (non-hydrogen) atoms. The van der Waals surface area contributed by atoms with E-state index in [0.717, 1.165) is 30.6 Å². The summed E-state index contributed by atoms with van der Waals surface area (Å²) in [5, 5.41) is 3.21. The van der Waals surface area contributed by atoms with Gasteiger partial charge in [0.2, 0.25) is 0 Å². The molecule has 2 unspecified atom stereocenters. The van der Waals surface area contributed by atoms with E-state index in [-0.39, 0.29) is 11.9 Å². The lowest BCUT2D eigenvalue weighted by Gasteiger charge is -2.26. The lowest BCUT2D eigenvalue weighted by Crippen LogP contribution is -2.27. The van der Waals surface area contributed by atoms with Crippen molar-refractivity contribution in [1.82, 2.24) is 10.2 Å². The predicted octanol–water partition coefficient (Wildman–Crippen LogP) is 2.35. The van der Waals surface area contributed by atoms with Gasteiger partial charge in [0.1, 0.15) is 5.82 Å². The van der Waals surface area contributed by atoms with Crippen molar-refractivity contribution in [2.24, 2.45) is 5.92 Å². The second-order valence-corrected chi connectivity index (χ2v) is 5.06. The molecule has 2 nitrogen and oxygen atoms in total. The number of aryl methyl sites for hydroxylation is 1. The highest BCUT2D eigenvalue weighted by atomic mass is 19.1. The minimum atomic E-state index is -0.0737. The van der Waals surface area contributed by atoms with Crippen molar-refractivity contribution < 1.29 is 4.39 Å². The van der Waals surface area contributed by atoms with E-state index in [1.54, 1.807) is 6.07 Å². The van der Waals surface area contributed by atoms with E-state index in [2.05, 4.69) is 17.3 Å². The second kappa shape index (κ2) is 5.15. The van der Waals surface area contributed by atoms with Crippen LogP contribution in [0, 0.1) is 18.7 Å². The van der Waals surface area contributed by atoms with Crippen molar-refractivity contribution in [2.75, 3.05) is 27.2 Å². The first-order valence-corrected chi connectivity index (χ1v) is 6.24. The Morgan fingerprint density at radius 2 is 2.24 bits per heavy atom. The average Bonchev–Trinajstić information content (AvgIpc) is 2.64. The molecule has 1 aromatic carbocycles. The topological polar surface area (TPSA) is 15.3 Å². The predicted molar refractivity (Wildman–Crippen MR) is 68.5 cm³/mol. The Bertz CT molecular complexity index is 390. The van der Waals surface area contributed by atoms with Gasteiger partial charge in [-0.1, -0.05) is 17.7 Å². The van der Waals surface area contributed by atoms with Crippen molar-refractivity contribution in [3.8, 4) is 0 Å². The van der Waals surface area contributed by atoms with Gasteiger partial charge in [-0.3, -0.25) is 4.90 Å². The van der Waals surface area contributed by atoms with Crippen LogP contribution in [0.4, 0.5) is 4.39 Å². The van der Waals surface area contributed by atoms with Crippen molar-refractivity contribution >= 4 is 0 Å². The zero-order chi connectivity index (χ0) is 12.4. The van der Waals surface area contributed by atoms with Crippen LogP contribution < -0.4 is 5.32 Å². The van der Waals surface area contributed by atoms with Crippen molar-refractivity contribution in [3.05, 3.63) is 35.1 Å². The molecule has 0 spiro atoms. The summed E-state index contributed by atoms with van der Waals surface area (Å²) in [6.45, 7) is 4.01. The van der Waals surface area contributed by atoms with E-state index in [0.29, 0.717) is 5.92 Å². The largest absolute Gasteiger partial charge is 0.319 e. The Morgan fingerprint density at radius 1 is 1.47 bits per heavy atom. The maximum absolute atomic E-state index is 14.0. The molecule has 0 bridgehead atoms. The molecule has 0 radical (unpaired) electrons. The van der Waals surface area contributed by atoms with E-state index >= 15 is 0 Å². The van der Waals surface area contributed by atoms with Crippen LogP contribution in [0.1, 0.15) is 23.6 Å². The number of hydrogen-bond donors (Lipinski definition) is 1. The summed E-state index contributed by atoms with van der Waals surface area (Å²) < 4.78 is 14.0. The second-order valence-electron chi connectivity index (χ2n) is 5.06. The molecule has 1 aliphatic heterocycles. The summed E-state index contributed by atoms with van der Waals surface area (Å²) in [7, 11) is 4.05. The van der Waals surface area contributed by atoms with E-state index in [1.807, 2.05) is 26.1 Å². The summed E-state index contributed by atoms with van der Waals surface area (Å²) in [6.07, 6.45) is 1.13. The highest BCUT2D eigenvalue weighted by molar-refractivity contribution is 5.28. The molecule has 1 fully saturated rings. The average molecular weight is 236 g/mol. The summed E-state index contributed by atoms with van der Waals surface area (Å²) in [5.74, 6) is 0.428. The first-order valence-electron chi connectivity index (χ1n) is 6.24. The van der Waals surface area contributed by atoms with E-state index in [4.69, 9.17) is 0 Å². The van der Waals surface area contributed by atoms with Gasteiger partial charge >= 0.3 is 0 Å². The minimum absolute atomic E-state index is 0.0737. The summed E-state index contributed by atoms with van der Waals surface area (Å²) in [4.78, 5) is 2.26. The fourth-order valence-electron chi connectivity index (χ4n) is 2.88. The van der Waals surface area contributed by atoms with Crippen LogP contribution in [-0.2, 0) is 0 Å². The highest BCUT2D eigenvalue weighted by Crippen LogP contribution is 2.37. The third-order valence-electron chi connectivity index (χ3n) is 3.71. The van der Waals surface area contributed by atoms with Gasteiger partial charge in [-0.25, -0.2) is 4.39 Å². The number of likely N-dealkylation sites (tertiary alicyclic amines) is 1. The number of nitrogens with zero attached hydrogens (tertiary/aromatic N) is 1. The molecule has 1 saturated heterocycles.